The fraction of sp³-hybridized carbons (Fsp3) is 0.591. The maximum atomic E-state index is 13.4. The van der Waals surface area contributed by atoms with E-state index in [-0.39, 0.29) is 29.4 Å². The van der Waals surface area contributed by atoms with Gasteiger partial charge in [0, 0.05) is 18.6 Å². The van der Waals surface area contributed by atoms with Crippen LogP contribution in [0, 0.1) is 16.4 Å². The number of likely N-dealkylation sites (tertiary alicyclic amines) is 1. The van der Waals surface area contributed by atoms with Crippen molar-refractivity contribution in [2.75, 3.05) is 25.2 Å². The third kappa shape index (κ3) is 4.01. The molecule has 176 valence electrons. The van der Waals surface area contributed by atoms with Crippen molar-refractivity contribution in [1.29, 1.82) is 10.9 Å². The molecule has 4 rings (SSSR count). The molecule has 1 aromatic rings. The third-order valence-electron chi connectivity index (χ3n) is 7.69. The zero-order valence-electron chi connectivity index (χ0n) is 19.3. The number of rotatable bonds is 7. The maximum Gasteiger partial charge on any atom is 0.336 e. The molecule has 2 N–H and O–H groups in total. The SMILES string of the molecule is CC1=C(N2CCC3(CCC(C)(N(C)Cc4ccc(N(C=N)N=N)nn4)CC3)C2=O)COC1=O. The van der Waals surface area contributed by atoms with E-state index in [9.17, 15) is 9.59 Å². The Balaban J connectivity index is 1.39. The third-order valence-corrected chi connectivity index (χ3v) is 7.69. The summed E-state index contributed by atoms with van der Waals surface area (Å²) in [6.45, 7) is 5.40. The monoisotopic (exact) mass is 454 g/mol. The van der Waals surface area contributed by atoms with Gasteiger partial charge < -0.3 is 9.64 Å². The van der Waals surface area contributed by atoms with E-state index in [1.54, 1.807) is 17.9 Å². The van der Waals surface area contributed by atoms with Gasteiger partial charge in [0.1, 0.15) is 12.9 Å². The standard InChI is InChI=1S/C22H30N8O3/c1-15-17(13-33-19(15)31)29-11-10-22(20(29)32)8-6-21(2,7-9-22)28(3)12-16-4-5-18(26-25-16)30(14-23)27-24/h4-5,14,23-24H,6-13H2,1-3H3. The summed E-state index contributed by atoms with van der Waals surface area (Å²) in [5.74, 6) is 0.130. The highest BCUT2D eigenvalue weighted by atomic mass is 16.5. The molecule has 1 spiro atoms. The molecule has 1 saturated heterocycles. The van der Waals surface area contributed by atoms with Crippen molar-refractivity contribution >= 4 is 24.0 Å². The number of nitrogens with zero attached hydrogens (tertiary/aromatic N) is 6. The molecule has 1 amide bonds. The number of nitrogens with one attached hydrogen (secondary N) is 2. The topological polar surface area (TPSA) is 139 Å². The first kappa shape index (κ1) is 23.0. The summed E-state index contributed by atoms with van der Waals surface area (Å²) in [6.07, 6.45) is 5.13. The number of cyclic esters (lactones) is 1. The zero-order chi connectivity index (χ0) is 23.8. The predicted molar refractivity (Wildman–Crippen MR) is 119 cm³/mol. The molecular weight excluding hydrogens is 424 g/mol. The molecule has 0 bridgehead atoms. The first-order valence-corrected chi connectivity index (χ1v) is 11.1. The van der Waals surface area contributed by atoms with Crippen molar-refractivity contribution < 1.29 is 14.3 Å². The van der Waals surface area contributed by atoms with Crippen LogP contribution in [-0.4, -0.2) is 64.0 Å². The van der Waals surface area contributed by atoms with E-state index in [0.717, 1.165) is 54.8 Å². The molecule has 11 nitrogen and oxygen atoms in total. The summed E-state index contributed by atoms with van der Waals surface area (Å²) in [5, 5.41) is 19.8. The Bertz CT molecular complexity index is 989. The lowest BCUT2D eigenvalue weighted by atomic mass is 9.66. The number of hydrogen-bond acceptors (Lipinski definition) is 9. The predicted octanol–water partition coefficient (Wildman–Crippen LogP) is 2.65. The molecule has 3 heterocycles. The van der Waals surface area contributed by atoms with Crippen molar-refractivity contribution in [3.63, 3.8) is 0 Å². The van der Waals surface area contributed by atoms with Crippen LogP contribution in [0.3, 0.4) is 0 Å². The molecule has 11 heteroatoms. The molecule has 2 fully saturated rings. The van der Waals surface area contributed by atoms with E-state index in [1.165, 1.54) is 0 Å². The normalized spacial score (nSPS) is 27.5. The zero-order valence-corrected chi connectivity index (χ0v) is 19.3. The average molecular weight is 455 g/mol. The van der Waals surface area contributed by atoms with Gasteiger partial charge in [-0.3, -0.25) is 15.1 Å². The maximum absolute atomic E-state index is 13.4. The Morgan fingerprint density at radius 1 is 1.21 bits per heavy atom. The lowest BCUT2D eigenvalue weighted by Crippen LogP contribution is -2.50. The smallest absolute Gasteiger partial charge is 0.336 e. The fourth-order valence-corrected chi connectivity index (χ4v) is 5.08. The van der Waals surface area contributed by atoms with Gasteiger partial charge in [0.15, 0.2) is 5.82 Å². The minimum Gasteiger partial charge on any atom is -0.456 e. The molecular formula is C22H30N8O3. The minimum absolute atomic E-state index is 0.0710. The van der Waals surface area contributed by atoms with E-state index in [0.29, 0.717) is 24.5 Å². The van der Waals surface area contributed by atoms with Crippen molar-refractivity contribution in [2.45, 2.75) is 58.0 Å². The second-order valence-electron chi connectivity index (χ2n) is 9.44. The number of aromatic nitrogens is 2. The van der Waals surface area contributed by atoms with Gasteiger partial charge >= 0.3 is 5.97 Å². The number of ether oxygens (including phenoxy) is 1. The molecule has 1 saturated carbocycles. The number of hydrogen-bond donors (Lipinski definition) is 2. The number of carbonyl (C=O) groups excluding carboxylic acids is 2. The first-order chi connectivity index (χ1) is 15.7. The summed E-state index contributed by atoms with van der Waals surface area (Å²) < 4.78 is 5.12. The second kappa shape index (κ2) is 8.62. The van der Waals surface area contributed by atoms with Gasteiger partial charge in [-0.2, -0.15) is 15.6 Å². The summed E-state index contributed by atoms with van der Waals surface area (Å²) in [5.41, 5.74) is 8.70. The summed E-state index contributed by atoms with van der Waals surface area (Å²) in [4.78, 5) is 29.2. The van der Waals surface area contributed by atoms with E-state index < -0.39 is 0 Å². The van der Waals surface area contributed by atoms with Crippen LogP contribution in [0.5, 0.6) is 0 Å². The Labute approximate surface area is 192 Å². The molecule has 0 atom stereocenters. The lowest BCUT2D eigenvalue weighted by Gasteiger charge is -2.47. The van der Waals surface area contributed by atoms with Crippen LogP contribution >= 0.6 is 0 Å². The highest BCUT2D eigenvalue weighted by Crippen LogP contribution is 2.50. The van der Waals surface area contributed by atoms with Gasteiger partial charge in [0.05, 0.1) is 22.4 Å². The van der Waals surface area contributed by atoms with Gasteiger partial charge in [-0.1, -0.05) is 5.22 Å². The van der Waals surface area contributed by atoms with Crippen LogP contribution in [-0.2, 0) is 20.9 Å². The van der Waals surface area contributed by atoms with Gasteiger partial charge in [-0.25, -0.2) is 4.79 Å². The Kier molecular flexibility index (Phi) is 6.00. The van der Waals surface area contributed by atoms with Crippen LogP contribution in [0.1, 0.15) is 51.6 Å². The quantitative estimate of drug-likeness (QED) is 0.212. The van der Waals surface area contributed by atoms with Crippen molar-refractivity contribution in [2.24, 2.45) is 10.6 Å². The van der Waals surface area contributed by atoms with E-state index in [1.807, 2.05) is 6.07 Å². The lowest BCUT2D eigenvalue weighted by molar-refractivity contribution is -0.139. The van der Waals surface area contributed by atoms with Gasteiger partial charge in [0.2, 0.25) is 5.91 Å². The highest BCUT2D eigenvalue weighted by Gasteiger charge is 2.52. The summed E-state index contributed by atoms with van der Waals surface area (Å²) >= 11 is 0. The second-order valence-corrected chi connectivity index (χ2v) is 9.44. The van der Waals surface area contributed by atoms with Crippen molar-refractivity contribution in [3.05, 3.63) is 29.1 Å². The summed E-state index contributed by atoms with van der Waals surface area (Å²) in [6, 6.07) is 3.52. The minimum atomic E-state index is -0.350. The summed E-state index contributed by atoms with van der Waals surface area (Å²) in [7, 11) is 2.06. The largest absolute Gasteiger partial charge is 0.456 e. The number of anilines is 1. The van der Waals surface area contributed by atoms with Crippen LogP contribution < -0.4 is 5.01 Å². The molecule has 1 aromatic heterocycles. The van der Waals surface area contributed by atoms with E-state index in [2.05, 4.69) is 34.3 Å². The molecule has 2 aliphatic heterocycles. The molecule has 0 aromatic carbocycles. The van der Waals surface area contributed by atoms with Crippen molar-refractivity contribution in [1.82, 2.24) is 20.0 Å². The number of esters is 1. The number of amides is 1. The van der Waals surface area contributed by atoms with Gasteiger partial charge in [0.25, 0.3) is 0 Å². The van der Waals surface area contributed by atoms with Gasteiger partial charge in [-0.05, 0) is 65.1 Å². The Morgan fingerprint density at radius 3 is 2.48 bits per heavy atom. The molecule has 3 aliphatic rings. The fourth-order valence-electron chi connectivity index (χ4n) is 5.08. The van der Waals surface area contributed by atoms with Gasteiger partial charge in [-0.15, -0.1) is 5.10 Å². The van der Waals surface area contributed by atoms with Crippen LogP contribution in [0.15, 0.2) is 28.6 Å². The van der Waals surface area contributed by atoms with E-state index in [4.69, 9.17) is 15.7 Å². The molecule has 1 aliphatic carbocycles. The molecule has 0 radical (unpaired) electrons. The Morgan fingerprint density at radius 2 is 1.94 bits per heavy atom. The molecule has 33 heavy (non-hydrogen) atoms. The van der Waals surface area contributed by atoms with Crippen LogP contribution in [0.25, 0.3) is 0 Å². The van der Waals surface area contributed by atoms with E-state index >= 15 is 0 Å². The average Bonchev–Trinajstić information content (AvgIpc) is 3.31. The van der Waals surface area contributed by atoms with Crippen LogP contribution in [0.2, 0.25) is 0 Å². The highest BCUT2D eigenvalue weighted by molar-refractivity contribution is 5.94. The Hall–Kier alpha value is -3.21. The van der Waals surface area contributed by atoms with Crippen LogP contribution in [0.4, 0.5) is 5.82 Å². The van der Waals surface area contributed by atoms with Crippen molar-refractivity contribution in [3.8, 4) is 0 Å². The number of carbonyl (C=O) groups is 2. The molecule has 0 unspecified atom stereocenters. The first-order valence-electron chi connectivity index (χ1n) is 11.1.